The summed E-state index contributed by atoms with van der Waals surface area (Å²) < 4.78 is 28.3. The first-order valence-electron chi connectivity index (χ1n) is 7.74. The third-order valence-corrected chi connectivity index (χ3v) is 3.70. The fraction of sp³-hybridized carbons (Fsp3) is 0.158. The van der Waals surface area contributed by atoms with Crippen molar-refractivity contribution in [2.24, 2.45) is 0 Å². The molecule has 0 bridgehead atoms. The summed E-state index contributed by atoms with van der Waals surface area (Å²) in [6, 6.07) is 8.64. The van der Waals surface area contributed by atoms with Crippen LogP contribution in [0.4, 0.5) is 10.1 Å². The van der Waals surface area contributed by atoms with Crippen LogP contribution >= 0.6 is 11.6 Å². The van der Waals surface area contributed by atoms with Crippen LogP contribution in [0.15, 0.2) is 42.5 Å². The van der Waals surface area contributed by atoms with Gasteiger partial charge in [0, 0.05) is 6.08 Å². The lowest BCUT2D eigenvalue weighted by Crippen LogP contribution is -2.20. The third kappa shape index (κ3) is 6.00. The van der Waals surface area contributed by atoms with Crippen LogP contribution in [0.1, 0.15) is 5.56 Å². The van der Waals surface area contributed by atoms with Crippen LogP contribution in [0.3, 0.4) is 0 Å². The lowest BCUT2D eigenvalue weighted by molar-refractivity contribution is -0.142. The van der Waals surface area contributed by atoms with E-state index in [0.29, 0.717) is 17.1 Å². The van der Waals surface area contributed by atoms with E-state index in [0.717, 1.165) is 12.1 Å². The topological polar surface area (TPSA) is 73.9 Å². The van der Waals surface area contributed by atoms with Gasteiger partial charge in [0.1, 0.15) is 5.82 Å². The molecule has 0 atom stereocenters. The van der Waals surface area contributed by atoms with E-state index in [1.807, 2.05) is 0 Å². The summed E-state index contributed by atoms with van der Waals surface area (Å²) in [7, 11) is 3.02. The second kappa shape index (κ2) is 9.59. The molecule has 0 aromatic heterocycles. The van der Waals surface area contributed by atoms with Gasteiger partial charge < -0.3 is 19.5 Å². The van der Waals surface area contributed by atoms with Crippen molar-refractivity contribution >= 4 is 35.2 Å². The maximum atomic E-state index is 13.2. The van der Waals surface area contributed by atoms with E-state index in [9.17, 15) is 14.0 Å². The molecular weight excluding hydrogens is 377 g/mol. The smallest absolute Gasteiger partial charge is 0.331 e. The third-order valence-electron chi connectivity index (χ3n) is 3.37. The Morgan fingerprint density at radius 3 is 2.56 bits per heavy atom. The van der Waals surface area contributed by atoms with Crippen molar-refractivity contribution in [1.29, 1.82) is 0 Å². The maximum Gasteiger partial charge on any atom is 0.331 e. The molecule has 0 unspecified atom stereocenters. The molecule has 2 aromatic rings. The number of hydrogen-bond donors (Lipinski definition) is 1. The van der Waals surface area contributed by atoms with Gasteiger partial charge in [0.2, 0.25) is 0 Å². The molecule has 0 saturated heterocycles. The van der Waals surface area contributed by atoms with Crippen molar-refractivity contribution in [3.63, 3.8) is 0 Å². The molecule has 0 aliphatic heterocycles. The van der Waals surface area contributed by atoms with E-state index in [1.165, 1.54) is 32.4 Å². The second-order valence-corrected chi connectivity index (χ2v) is 5.64. The first-order chi connectivity index (χ1) is 12.9. The minimum atomic E-state index is -0.717. The molecule has 0 radical (unpaired) electrons. The van der Waals surface area contributed by atoms with Crippen LogP contribution in [-0.4, -0.2) is 32.7 Å². The van der Waals surface area contributed by atoms with Crippen LogP contribution in [-0.2, 0) is 14.3 Å². The summed E-state index contributed by atoms with van der Waals surface area (Å²) in [5.74, 6) is -0.838. The molecule has 6 nitrogen and oxygen atoms in total. The fourth-order valence-electron chi connectivity index (χ4n) is 2.09. The van der Waals surface area contributed by atoms with Crippen LogP contribution in [0.25, 0.3) is 6.08 Å². The number of hydrogen-bond acceptors (Lipinski definition) is 5. The van der Waals surface area contributed by atoms with Crippen LogP contribution in [0.2, 0.25) is 5.02 Å². The number of nitrogens with one attached hydrogen (secondary N) is 1. The van der Waals surface area contributed by atoms with Gasteiger partial charge in [-0.25, -0.2) is 9.18 Å². The maximum absolute atomic E-state index is 13.2. The van der Waals surface area contributed by atoms with Crippen molar-refractivity contribution in [3.8, 4) is 11.5 Å². The van der Waals surface area contributed by atoms with Crippen molar-refractivity contribution in [3.05, 3.63) is 58.9 Å². The fourth-order valence-corrected chi connectivity index (χ4v) is 2.25. The lowest BCUT2D eigenvalue weighted by atomic mass is 10.2. The largest absolute Gasteiger partial charge is 0.493 e. The summed E-state index contributed by atoms with van der Waals surface area (Å²) in [5.41, 5.74) is 0.777. The standard InChI is InChI=1S/C19H17ClFNO5/c1-25-16-7-3-12(9-17(16)26-2)4-8-19(24)27-11-18(23)22-15-10-13(21)5-6-14(15)20/h3-10H,11H2,1-2H3,(H,22,23). The van der Waals surface area contributed by atoms with Crippen LogP contribution in [0, 0.1) is 5.82 Å². The van der Waals surface area contributed by atoms with Crippen LogP contribution in [0.5, 0.6) is 11.5 Å². The molecule has 0 aliphatic rings. The molecule has 1 N–H and O–H groups in total. The molecule has 27 heavy (non-hydrogen) atoms. The van der Waals surface area contributed by atoms with Gasteiger partial charge in [-0.05, 0) is 42.0 Å². The number of rotatable bonds is 7. The Bertz CT molecular complexity index is 869. The minimum absolute atomic E-state index is 0.0959. The molecule has 142 valence electrons. The summed E-state index contributed by atoms with van der Waals surface area (Å²) >= 11 is 5.85. The van der Waals surface area contributed by atoms with Gasteiger partial charge in [0.15, 0.2) is 18.1 Å². The quantitative estimate of drug-likeness (QED) is 0.573. The molecule has 8 heteroatoms. The number of halogens is 2. The van der Waals surface area contributed by atoms with Gasteiger partial charge in [0.05, 0.1) is 24.9 Å². The molecule has 0 fully saturated rings. The van der Waals surface area contributed by atoms with Gasteiger partial charge in [-0.3, -0.25) is 4.79 Å². The number of carbonyl (C=O) groups is 2. The van der Waals surface area contributed by atoms with E-state index >= 15 is 0 Å². The summed E-state index contributed by atoms with van der Waals surface area (Å²) in [5, 5.41) is 2.54. The predicted molar refractivity (Wildman–Crippen MR) is 99.6 cm³/mol. The number of benzene rings is 2. The number of amides is 1. The monoisotopic (exact) mass is 393 g/mol. The number of ether oxygens (including phenoxy) is 3. The molecule has 2 aromatic carbocycles. The normalized spacial score (nSPS) is 10.5. The Labute approximate surface area is 160 Å². The Morgan fingerprint density at radius 1 is 1.11 bits per heavy atom. The van der Waals surface area contributed by atoms with Crippen LogP contribution < -0.4 is 14.8 Å². The van der Waals surface area contributed by atoms with E-state index in [2.05, 4.69) is 5.32 Å². The van der Waals surface area contributed by atoms with Gasteiger partial charge in [0.25, 0.3) is 5.91 Å². The Kier molecular flexibility index (Phi) is 7.19. The molecule has 2 rings (SSSR count). The highest BCUT2D eigenvalue weighted by atomic mass is 35.5. The summed E-state index contributed by atoms with van der Waals surface area (Å²) in [4.78, 5) is 23.5. The van der Waals surface area contributed by atoms with Crippen molar-refractivity contribution < 1.29 is 28.2 Å². The molecule has 1 amide bonds. The average molecular weight is 394 g/mol. The first-order valence-corrected chi connectivity index (χ1v) is 8.12. The van der Waals surface area contributed by atoms with Gasteiger partial charge in [-0.15, -0.1) is 0 Å². The number of methoxy groups -OCH3 is 2. The predicted octanol–water partition coefficient (Wildman–Crippen LogP) is 3.69. The molecule has 0 aliphatic carbocycles. The number of carbonyl (C=O) groups excluding carboxylic acids is 2. The van der Waals surface area contributed by atoms with E-state index in [4.69, 9.17) is 25.8 Å². The van der Waals surface area contributed by atoms with E-state index < -0.39 is 24.3 Å². The Balaban J connectivity index is 1.89. The van der Waals surface area contributed by atoms with Gasteiger partial charge in [-0.2, -0.15) is 0 Å². The zero-order valence-electron chi connectivity index (χ0n) is 14.6. The average Bonchev–Trinajstić information content (AvgIpc) is 2.67. The highest BCUT2D eigenvalue weighted by Crippen LogP contribution is 2.28. The van der Waals surface area contributed by atoms with Crippen molar-refractivity contribution in [2.45, 2.75) is 0 Å². The number of esters is 1. The van der Waals surface area contributed by atoms with Crippen molar-refractivity contribution in [1.82, 2.24) is 0 Å². The second-order valence-electron chi connectivity index (χ2n) is 5.23. The van der Waals surface area contributed by atoms with E-state index in [1.54, 1.807) is 18.2 Å². The highest BCUT2D eigenvalue weighted by Gasteiger charge is 2.09. The minimum Gasteiger partial charge on any atom is -0.493 e. The van der Waals surface area contributed by atoms with Gasteiger partial charge in [-0.1, -0.05) is 17.7 Å². The zero-order chi connectivity index (χ0) is 19.8. The molecule has 0 heterocycles. The zero-order valence-corrected chi connectivity index (χ0v) is 15.4. The lowest BCUT2D eigenvalue weighted by Gasteiger charge is -2.08. The number of anilines is 1. The first kappa shape index (κ1) is 20.3. The molecule has 0 spiro atoms. The van der Waals surface area contributed by atoms with E-state index in [-0.39, 0.29) is 10.7 Å². The summed E-state index contributed by atoms with van der Waals surface area (Å²) in [6.07, 6.45) is 2.68. The highest BCUT2D eigenvalue weighted by molar-refractivity contribution is 6.33. The SMILES string of the molecule is COc1ccc(C=CC(=O)OCC(=O)Nc2cc(F)ccc2Cl)cc1OC. The van der Waals surface area contributed by atoms with Gasteiger partial charge >= 0.3 is 5.97 Å². The summed E-state index contributed by atoms with van der Waals surface area (Å²) in [6.45, 7) is -0.540. The molecule has 0 saturated carbocycles. The van der Waals surface area contributed by atoms with Crippen molar-refractivity contribution in [2.75, 3.05) is 26.1 Å². The Morgan fingerprint density at radius 2 is 1.85 bits per heavy atom. The Hall–Kier alpha value is -3.06. The molecular formula is C19H17ClFNO5.